The number of rotatable bonds is 9. The molecule has 2 aromatic carbocycles. The van der Waals surface area contributed by atoms with Gasteiger partial charge in [-0.2, -0.15) is 0 Å². The summed E-state index contributed by atoms with van der Waals surface area (Å²) in [6, 6.07) is 11.7. The first-order chi connectivity index (χ1) is 15.4. The number of amides is 1. The second-order valence-corrected chi connectivity index (χ2v) is 8.47. The van der Waals surface area contributed by atoms with E-state index < -0.39 is 6.10 Å². The van der Waals surface area contributed by atoms with Gasteiger partial charge in [-0.1, -0.05) is 41.9 Å². The maximum Gasteiger partial charge on any atom is 0.255 e. The molecule has 172 valence electrons. The number of piperidine rings is 1. The average Bonchev–Trinajstić information content (AvgIpc) is 2.83. The molecule has 0 aliphatic carbocycles. The zero-order valence-electron chi connectivity index (χ0n) is 18.1. The molecular formula is C24H30ClN3O4. The van der Waals surface area contributed by atoms with Crippen molar-refractivity contribution in [3.63, 3.8) is 0 Å². The lowest BCUT2D eigenvalue weighted by atomic mass is 9.86. The molecule has 0 spiro atoms. The highest BCUT2D eigenvalue weighted by Crippen LogP contribution is 2.30. The molecule has 1 amide bonds. The number of aliphatic hydroxyl groups is 1. The molecule has 5 N–H and O–H groups in total. The van der Waals surface area contributed by atoms with Crippen molar-refractivity contribution in [2.45, 2.75) is 37.8 Å². The number of hydrogen-bond acceptors (Lipinski definition) is 6. The third-order valence-corrected chi connectivity index (χ3v) is 6.28. The Morgan fingerprint density at radius 3 is 2.59 bits per heavy atom. The Morgan fingerprint density at radius 2 is 1.94 bits per heavy atom. The van der Waals surface area contributed by atoms with Crippen molar-refractivity contribution in [3.8, 4) is 5.75 Å². The van der Waals surface area contributed by atoms with Crippen LogP contribution in [0, 0.1) is 5.92 Å². The Balaban J connectivity index is 1.73. The van der Waals surface area contributed by atoms with Gasteiger partial charge in [0.1, 0.15) is 11.9 Å². The van der Waals surface area contributed by atoms with Crippen LogP contribution < -0.4 is 21.1 Å². The zero-order chi connectivity index (χ0) is 23.1. The van der Waals surface area contributed by atoms with Crippen LogP contribution in [0.2, 0.25) is 5.02 Å². The highest BCUT2D eigenvalue weighted by atomic mass is 35.5. The molecule has 2 aromatic rings. The number of carbonyl (C=O) groups excluding carboxylic acids is 2. The largest absolute Gasteiger partial charge is 0.496 e. The van der Waals surface area contributed by atoms with Crippen molar-refractivity contribution in [2.75, 3.05) is 25.9 Å². The van der Waals surface area contributed by atoms with E-state index in [-0.39, 0.29) is 35.1 Å². The van der Waals surface area contributed by atoms with Gasteiger partial charge in [0.25, 0.3) is 5.91 Å². The van der Waals surface area contributed by atoms with Crippen LogP contribution >= 0.6 is 11.6 Å². The number of ether oxygens (including phenoxy) is 1. The van der Waals surface area contributed by atoms with E-state index in [4.69, 9.17) is 22.1 Å². The number of nitrogen functional groups attached to an aromatic ring is 1. The molecular weight excluding hydrogens is 430 g/mol. The predicted molar refractivity (Wildman–Crippen MR) is 125 cm³/mol. The van der Waals surface area contributed by atoms with Gasteiger partial charge in [-0.05, 0) is 49.9 Å². The van der Waals surface area contributed by atoms with Gasteiger partial charge in [0.15, 0.2) is 5.78 Å². The van der Waals surface area contributed by atoms with Gasteiger partial charge in [-0.3, -0.25) is 9.59 Å². The maximum absolute atomic E-state index is 13.1. The number of benzene rings is 2. The fourth-order valence-corrected chi connectivity index (χ4v) is 4.25. The van der Waals surface area contributed by atoms with E-state index in [9.17, 15) is 14.7 Å². The average molecular weight is 460 g/mol. The summed E-state index contributed by atoms with van der Waals surface area (Å²) in [6.07, 6.45) is 1.20. The number of anilines is 1. The van der Waals surface area contributed by atoms with Gasteiger partial charge in [0.2, 0.25) is 0 Å². The van der Waals surface area contributed by atoms with Crippen LogP contribution in [-0.4, -0.2) is 43.0 Å². The van der Waals surface area contributed by atoms with Crippen LogP contribution in [0.5, 0.6) is 5.75 Å². The van der Waals surface area contributed by atoms with E-state index >= 15 is 0 Å². The molecule has 2 unspecified atom stereocenters. The van der Waals surface area contributed by atoms with Crippen LogP contribution in [-0.2, 0) is 4.79 Å². The molecule has 8 heteroatoms. The quantitative estimate of drug-likeness (QED) is 0.428. The van der Waals surface area contributed by atoms with E-state index in [1.807, 2.05) is 6.07 Å². The van der Waals surface area contributed by atoms with E-state index in [0.717, 1.165) is 25.9 Å². The third-order valence-electron chi connectivity index (χ3n) is 5.95. The van der Waals surface area contributed by atoms with Crippen molar-refractivity contribution in [1.82, 2.24) is 10.6 Å². The lowest BCUT2D eigenvalue weighted by molar-refractivity contribution is -0.127. The molecule has 1 fully saturated rings. The summed E-state index contributed by atoms with van der Waals surface area (Å²) in [7, 11) is 1.47. The van der Waals surface area contributed by atoms with Crippen molar-refractivity contribution >= 4 is 29.0 Å². The molecule has 0 aromatic heterocycles. The van der Waals surface area contributed by atoms with E-state index in [1.54, 1.807) is 24.3 Å². The molecule has 0 bridgehead atoms. The Bertz CT molecular complexity index is 932. The minimum atomic E-state index is -1.17. The predicted octanol–water partition coefficient (Wildman–Crippen LogP) is 3.11. The second-order valence-electron chi connectivity index (χ2n) is 8.06. The fraction of sp³-hybridized carbons (Fsp3) is 0.417. The number of ketones is 1. The first kappa shape index (κ1) is 24.0. The number of carbonyl (C=O) groups is 2. The van der Waals surface area contributed by atoms with Gasteiger partial charge in [-0.25, -0.2) is 0 Å². The standard InChI is InChI=1S/C24H30ClN3O4/c1-32-22-14-19(26)18(25)13-17(22)24(31)28-20(15-9-11-27-12-10-15)7-8-21(29)23(30)16-5-3-2-4-6-16/h2-6,13-15,20,23,27,30H,7-12,26H2,1H3,(H,28,31). The third kappa shape index (κ3) is 6.00. The van der Waals surface area contributed by atoms with Gasteiger partial charge >= 0.3 is 0 Å². The topological polar surface area (TPSA) is 114 Å². The summed E-state index contributed by atoms with van der Waals surface area (Å²) in [6.45, 7) is 1.71. The first-order valence-electron chi connectivity index (χ1n) is 10.8. The molecule has 1 saturated heterocycles. The smallest absolute Gasteiger partial charge is 0.255 e. The van der Waals surface area contributed by atoms with Crippen LogP contribution in [0.15, 0.2) is 42.5 Å². The molecule has 1 heterocycles. The van der Waals surface area contributed by atoms with Crippen LogP contribution in [0.1, 0.15) is 47.7 Å². The van der Waals surface area contributed by atoms with Crippen LogP contribution in [0.3, 0.4) is 0 Å². The normalized spacial score (nSPS) is 16.2. The second kappa shape index (κ2) is 11.3. The SMILES string of the molecule is COc1cc(N)c(Cl)cc1C(=O)NC(CCC(=O)C(O)c1ccccc1)C1CCNCC1. The number of methoxy groups -OCH3 is 1. The summed E-state index contributed by atoms with van der Waals surface area (Å²) in [4.78, 5) is 25.7. The maximum atomic E-state index is 13.1. The number of aliphatic hydroxyl groups excluding tert-OH is 1. The summed E-state index contributed by atoms with van der Waals surface area (Å²) in [5.74, 6) is -0.0398. The molecule has 1 aliphatic rings. The Hall–Kier alpha value is -2.61. The Labute approximate surface area is 193 Å². The summed E-state index contributed by atoms with van der Waals surface area (Å²) >= 11 is 6.13. The van der Waals surface area contributed by atoms with Crippen molar-refractivity contribution in [3.05, 3.63) is 58.6 Å². The molecule has 1 aliphatic heterocycles. The van der Waals surface area contributed by atoms with Gasteiger partial charge < -0.3 is 26.2 Å². The number of hydrogen-bond donors (Lipinski definition) is 4. The highest BCUT2D eigenvalue weighted by molar-refractivity contribution is 6.33. The number of nitrogens with two attached hydrogens (primary N) is 1. The van der Waals surface area contributed by atoms with Crippen molar-refractivity contribution in [1.29, 1.82) is 0 Å². The van der Waals surface area contributed by atoms with Crippen molar-refractivity contribution < 1.29 is 19.4 Å². The first-order valence-corrected chi connectivity index (χ1v) is 11.2. The van der Waals surface area contributed by atoms with E-state index in [2.05, 4.69) is 10.6 Å². The highest BCUT2D eigenvalue weighted by Gasteiger charge is 2.28. The fourth-order valence-electron chi connectivity index (χ4n) is 4.09. The molecule has 7 nitrogen and oxygen atoms in total. The van der Waals surface area contributed by atoms with E-state index in [0.29, 0.717) is 29.0 Å². The minimum Gasteiger partial charge on any atom is -0.496 e. The number of halogens is 1. The summed E-state index contributed by atoms with van der Waals surface area (Å²) in [5, 5.41) is 17.1. The van der Waals surface area contributed by atoms with Gasteiger partial charge in [0, 0.05) is 18.5 Å². The van der Waals surface area contributed by atoms with Crippen LogP contribution in [0.25, 0.3) is 0 Å². The minimum absolute atomic E-state index is 0.157. The molecule has 0 saturated carbocycles. The summed E-state index contributed by atoms with van der Waals surface area (Å²) < 4.78 is 5.31. The molecule has 3 rings (SSSR count). The zero-order valence-corrected chi connectivity index (χ0v) is 18.9. The summed E-state index contributed by atoms with van der Waals surface area (Å²) in [5.41, 5.74) is 7.02. The van der Waals surface area contributed by atoms with E-state index in [1.165, 1.54) is 19.2 Å². The van der Waals surface area contributed by atoms with Crippen molar-refractivity contribution in [2.24, 2.45) is 5.92 Å². The Kier molecular flexibility index (Phi) is 8.50. The number of nitrogens with one attached hydrogen (secondary N) is 2. The number of Topliss-reactive ketones (excluding diaryl/α,β-unsaturated/α-hetero) is 1. The Morgan fingerprint density at radius 1 is 1.25 bits per heavy atom. The lowest BCUT2D eigenvalue weighted by Crippen LogP contribution is -2.44. The van der Waals surface area contributed by atoms with Crippen LogP contribution in [0.4, 0.5) is 5.69 Å². The monoisotopic (exact) mass is 459 g/mol. The lowest BCUT2D eigenvalue weighted by Gasteiger charge is -2.31. The molecule has 2 atom stereocenters. The molecule has 32 heavy (non-hydrogen) atoms. The molecule has 0 radical (unpaired) electrons. The van der Waals surface area contributed by atoms with Gasteiger partial charge in [0.05, 0.1) is 23.4 Å². The van der Waals surface area contributed by atoms with Gasteiger partial charge in [-0.15, -0.1) is 0 Å².